The molecule has 0 aromatic heterocycles. The lowest BCUT2D eigenvalue weighted by atomic mass is 9.77. The van der Waals surface area contributed by atoms with Gasteiger partial charge in [-0.15, -0.1) is 0 Å². The Morgan fingerprint density at radius 2 is 1.86 bits per heavy atom. The molecule has 1 saturated carbocycles. The molecular formula is C16H23N3O2. The van der Waals surface area contributed by atoms with E-state index in [1.165, 1.54) is 0 Å². The van der Waals surface area contributed by atoms with E-state index >= 15 is 0 Å². The van der Waals surface area contributed by atoms with Crippen molar-refractivity contribution in [2.45, 2.75) is 45.2 Å². The summed E-state index contributed by atoms with van der Waals surface area (Å²) >= 11 is 0. The summed E-state index contributed by atoms with van der Waals surface area (Å²) in [4.78, 5) is 23.5. The van der Waals surface area contributed by atoms with Crippen LogP contribution in [0.1, 0.15) is 38.7 Å². The van der Waals surface area contributed by atoms with Gasteiger partial charge in [0.15, 0.2) is 0 Å². The maximum absolute atomic E-state index is 11.9. The van der Waals surface area contributed by atoms with Crippen LogP contribution in [-0.4, -0.2) is 17.4 Å². The van der Waals surface area contributed by atoms with Crippen LogP contribution in [0.3, 0.4) is 0 Å². The maximum Gasteiger partial charge on any atom is 0.240 e. The summed E-state index contributed by atoms with van der Waals surface area (Å²) < 4.78 is 0. The lowest BCUT2D eigenvalue weighted by Crippen LogP contribution is -2.58. The van der Waals surface area contributed by atoms with Gasteiger partial charge in [-0.05, 0) is 37.0 Å². The van der Waals surface area contributed by atoms with Gasteiger partial charge in [-0.25, -0.2) is 0 Å². The monoisotopic (exact) mass is 289 g/mol. The van der Waals surface area contributed by atoms with E-state index in [1.807, 2.05) is 38.1 Å². The van der Waals surface area contributed by atoms with Crippen molar-refractivity contribution in [1.82, 2.24) is 5.32 Å². The first kappa shape index (κ1) is 15.5. The minimum absolute atomic E-state index is 0.00823. The van der Waals surface area contributed by atoms with Gasteiger partial charge in [-0.3, -0.25) is 9.59 Å². The fourth-order valence-electron chi connectivity index (χ4n) is 2.14. The molecule has 2 rings (SSSR count). The molecule has 0 radical (unpaired) electrons. The number of nitrogens with two attached hydrogens (primary N) is 1. The molecule has 1 aromatic rings. The maximum atomic E-state index is 11.9. The number of hydrogen-bond donors (Lipinski definition) is 3. The Balaban J connectivity index is 1.85. The van der Waals surface area contributed by atoms with Crippen molar-refractivity contribution in [2.75, 3.05) is 5.32 Å². The Kier molecular flexibility index (Phi) is 4.63. The SMILES string of the molecule is CC(C)C(=O)Nc1ccc(CNC(=O)C2(N)CCC2)cc1. The van der Waals surface area contributed by atoms with E-state index < -0.39 is 5.54 Å². The van der Waals surface area contributed by atoms with E-state index in [1.54, 1.807) is 0 Å². The van der Waals surface area contributed by atoms with E-state index in [4.69, 9.17) is 5.73 Å². The van der Waals surface area contributed by atoms with E-state index in [9.17, 15) is 9.59 Å². The molecule has 0 atom stereocenters. The third kappa shape index (κ3) is 3.82. The highest BCUT2D eigenvalue weighted by atomic mass is 16.2. The summed E-state index contributed by atoms with van der Waals surface area (Å²) in [5.41, 5.74) is 7.04. The van der Waals surface area contributed by atoms with Crippen molar-refractivity contribution in [3.05, 3.63) is 29.8 Å². The molecule has 0 spiro atoms. The minimum Gasteiger partial charge on any atom is -0.350 e. The highest BCUT2D eigenvalue weighted by Gasteiger charge is 2.39. The zero-order valence-electron chi connectivity index (χ0n) is 12.6. The zero-order valence-corrected chi connectivity index (χ0v) is 12.6. The fraction of sp³-hybridized carbons (Fsp3) is 0.500. The first-order chi connectivity index (χ1) is 9.90. The Hall–Kier alpha value is -1.88. The summed E-state index contributed by atoms with van der Waals surface area (Å²) in [6.07, 6.45) is 2.55. The molecule has 0 heterocycles. The van der Waals surface area contributed by atoms with Crippen LogP contribution in [0.15, 0.2) is 24.3 Å². The van der Waals surface area contributed by atoms with Crippen molar-refractivity contribution in [1.29, 1.82) is 0 Å². The molecular weight excluding hydrogens is 266 g/mol. The van der Waals surface area contributed by atoms with Crippen molar-refractivity contribution in [3.63, 3.8) is 0 Å². The van der Waals surface area contributed by atoms with Gasteiger partial charge >= 0.3 is 0 Å². The number of anilines is 1. The fourth-order valence-corrected chi connectivity index (χ4v) is 2.14. The summed E-state index contributed by atoms with van der Waals surface area (Å²) in [5, 5.41) is 5.70. The highest BCUT2D eigenvalue weighted by Crippen LogP contribution is 2.29. The van der Waals surface area contributed by atoms with Crippen LogP contribution < -0.4 is 16.4 Å². The van der Waals surface area contributed by atoms with Gasteiger partial charge in [-0.1, -0.05) is 26.0 Å². The Morgan fingerprint density at radius 3 is 2.33 bits per heavy atom. The standard InChI is InChI=1S/C16H23N3O2/c1-11(2)14(20)19-13-6-4-12(5-7-13)10-18-15(21)16(17)8-3-9-16/h4-7,11H,3,8-10,17H2,1-2H3,(H,18,21)(H,19,20). The summed E-state index contributed by atoms with van der Waals surface area (Å²) in [6.45, 7) is 4.15. The average Bonchev–Trinajstić information content (AvgIpc) is 2.43. The number of carbonyl (C=O) groups excluding carboxylic acids is 2. The largest absolute Gasteiger partial charge is 0.350 e. The quantitative estimate of drug-likeness (QED) is 0.772. The molecule has 1 aliphatic carbocycles. The van der Waals surface area contributed by atoms with E-state index in [0.717, 1.165) is 30.5 Å². The van der Waals surface area contributed by atoms with E-state index in [2.05, 4.69) is 10.6 Å². The first-order valence-electron chi connectivity index (χ1n) is 7.38. The smallest absolute Gasteiger partial charge is 0.240 e. The van der Waals surface area contributed by atoms with Crippen LogP contribution in [0, 0.1) is 5.92 Å². The third-order valence-corrected chi connectivity index (χ3v) is 3.90. The number of carbonyl (C=O) groups is 2. The normalized spacial score (nSPS) is 16.2. The van der Waals surface area contributed by atoms with Gasteiger partial charge < -0.3 is 16.4 Å². The molecule has 2 amide bonds. The van der Waals surface area contributed by atoms with Crippen LogP contribution >= 0.6 is 0 Å². The third-order valence-electron chi connectivity index (χ3n) is 3.90. The zero-order chi connectivity index (χ0) is 15.5. The Morgan fingerprint density at radius 1 is 1.24 bits per heavy atom. The molecule has 5 nitrogen and oxygen atoms in total. The molecule has 5 heteroatoms. The lowest BCUT2D eigenvalue weighted by Gasteiger charge is -2.36. The average molecular weight is 289 g/mol. The van der Waals surface area contributed by atoms with Crippen molar-refractivity contribution in [2.24, 2.45) is 11.7 Å². The molecule has 0 bridgehead atoms. The van der Waals surface area contributed by atoms with E-state index in [0.29, 0.717) is 6.54 Å². The van der Waals surface area contributed by atoms with Crippen LogP contribution in [0.2, 0.25) is 0 Å². The summed E-state index contributed by atoms with van der Waals surface area (Å²) in [7, 11) is 0. The van der Waals surface area contributed by atoms with Gasteiger partial charge in [0, 0.05) is 18.2 Å². The molecule has 0 saturated heterocycles. The second-order valence-electron chi connectivity index (χ2n) is 6.03. The van der Waals surface area contributed by atoms with Crippen LogP contribution in [0.5, 0.6) is 0 Å². The van der Waals surface area contributed by atoms with Gasteiger partial charge in [-0.2, -0.15) is 0 Å². The number of nitrogens with one attached hydrogen (secondary N) is 2. The number of hydrogen-bond acceptors (Lipinski definition) is 3. The molecule has 1 aliphatic rings. The topological polar surface area (TPSA) is 84.2 Å². The summed E-state index contributed by atoms with van der Waals surface area (Å²) in [5.74, 6) is -0.135. The second kappa shape index (κ2) is 6.26. The van der Waals surface area contributed by atoms with Crippen molar-refractivity contribution in [3.8, 4) is 0 Å². The molecule has 114 valence electrons. The van der Waals surface area contributed by atoms with Crippen LogP contribution in [0.25, 0.3) is 0 Å². The minimum atomic E-state index is -0.662. The second-order valence-corrected chi connectivity index (χ2v) is 6.03. The molecule has 1 aromatic carbocycles. The lowest BCUT2D eigenvalue weighted by molar-refractivity contribution is -0.129. The van der Waals surface area contributed by atoms with Gasteiger partial charge in [0.2, 0.25) is 11.8 Å². The summed E-state index contributed by atoms with van der Waals surface area (Å²) in [6, 6.07) is 7.45. The van der Waals surface area contributed by atoms with Gasteiger partial charge in [0.05, 0.1) is 5.54 Å². The van der Waals surface area contributed by atoms with Gasteiger partial charge in [0.1, 0.15) is 0 Å². The Bertz CT molecular complexity index is 519. The highest BCUT2D eigenvalue weighted by molar-refractivity contribution is 5.92. The molecule has 0 unspecified atom stereocenters. The molecule has 21 heavy (non-hydrogen) atoms. The molecule has 0 aliphatic heterocycles. The van der Waals surface area contributed by atoms with Crippen molar-refractivity contribution >= 4 is 17.5 Å². The number of rotatable bonds is 5. The Labute approximate surface area is 125 Å². The predicted molar refractivity (Wildman–Crippen MR) is 82.5 cm³/mol. The van der Waals surface area contributed by atoms with Gasteiger partial charge in [0.25, 0.3) is 0 Å². The number of amides is 2. The molecule has 1 fully saturated rings. The van der Waals surface area contributed by atoms with Crippen LogP contribution in [0.4, 0.5) is 5.69 Å². The molecule has 4 N–H and O–H groups in total. The predicted octanol–water partition coefficient (Wildman–Crippen LogP) is 1.78. The van der Waals surface area contributed by atoms with E-state index in [-0.39, 0.29) is 17.7 Å². The van der Waals surface area contributed by atoms with Crippen LogP contribution in [-0.2, 0) is 16.1 Å². The van der Waals surface area contributed by atoms with Crippen molar-refractivity contribution < 1.29 is 9.59 Å². The first-order valence-corrected chi connectivity index (χ1v) is 7.38. The number of benzene rings is 1.